The molecule has 0 spiro atoms. The van der Waals surface area contributed by atoms with E-state index in [4.69, 9.17) is 0 Å². The van der Waals surface area contributed by atoms with Gasteiger partial charge in [0.2, 0.25) is 5.91 Å². The third-order valence-electron chi connectivity index (χ3n) is 2.64. The van der Waals surface area contributed by atoms with Gasteiger partial charge in [-0.15, -0.1) is 0 Å². The first-order valence-electron chi connectivity index (χ1n) is 4.84. The van der Waals surface area contributed by atoms with Gasteiger partial charge in [0.05, 0.1) is 5.92 Å². The molecule has 1 aromatic carbocycles. The fraction of sp³-hybridized carbons (Fsp3) is 0.364. The molecule has 3 heteroatoms. The quantitative estimate of drug-likeness (QED) is 0.694. The number of hydrogen-bond donors (Lipinski definition) is 2. The fourth-order valence-corrected chi connectivity index (χ4v) is 1.83. The van der Waals surface area contributed by atoms with Crippen molar-refractivity contribution in [2.45, 2.75) is 6.42 Å². The molecule has 0 saturated heterocycles. The summed E-state index contributed by atoms with van der Waals surface area (Å²) in [5, 5.41) is 5.95. The van der Waals surface area contributed by atoms with Gasteiger partial charge in [0.15, 0.2) is 0 Å². The molecule has 1 heterocycles. The van der Waals surface area contributed by atoms with Crippen LogP contribution in [0.2, 0.25) is 0 Å². The van der Waals surface area contributed by atoms with E-state index in [1.165, 1.54) is 5.56 Å². The van der Waals surface area contributed by atoms with Crippen molar-refractivity contribution in [3.8, 4) is 0 Å². The molecule has 1 atom stereocenters. The van der Waals surface area contributed by atoms with Gasteiger partial charge in [-0.25, -0.2) is 0 Å². The van der Waals surface area contributed by atoms with E-state index in [0.29, 0.717) is 0 Å². The van der Waals surface area contributed by atoms with Crippen molar-refractivity contribution in [3.05, 3.63) is 29.8 Å². The van der Waals surface area contributed by atoms with Crippen LogP contribution in [-0.4, -0.2) is 19.5 Å². The number of amides is 1. The molecular weight excluding hydrogens is 176 g/mol. The Morgan fingerprint density at radius 2 is 2.29 bits per heavy atom. The van der Waals surface area contributed by atoms with Gasteiger partial charge in [-0.2, -0.15) is 0 Å². The third-order valence-corrected chi connectivity index (χ3v) is 2.64. The predicted molar refractivity (Wildman–Crippen MR) is 56.2 cm³/mol. The summed E-state index contributed by atoms with van der Waals surface area (Å²) in [4.78, 5) is 11.4. The molecule has 0 aliphatic carbocycles. The molecule has 74 valence electrons. The lowest BCUT2D eigenvalue weighted by molar-refractivity contribution is -0.124. The molecule has 1 aliphatic rings. The molecule has 2 rings (SSSR count). The molecule has 0 bridgehead atoms. The average molecular weight is 190 g/mol. The summed E-state index contributed by atoms with van der Waals surface area (Å²) in [6.07, 6.45) is 0.836. The molecule has 1 aromatic rings. The Balaban J connectivity index is 2.17. The number of para-hydroxylation sites is 1. The Kier molecular flexibility index (Phi) is 2.39. The van der Waals surface area contributed by atoms with Crippen molar-refractivity contribution in [3.63, 3.8) is 0 Å². The molecule has 1 unspecified atom stereocenters. The lowest BCUT2D eigenvalue weighted by Crippen LogP contribution is -2.36. The number of benzene rings is 1. The molecular formula is C11H14N2O. The topological polar surface area (TPSA) is 41.1 Å². The normalized spacial score (nSPS) is 19.4. The highest BCUT2D eigenvalue weighted by Gasteiger charge is 2.22. The molecule has 14 heavy (non-hydrogen) atoms. The summed E-state index contributed by atoms with van der Waals surface area (Å²) in [6, 6.07) is 8.13. The van der Waals surface area contributed by atoms with E-state index < -0.39 is 0 Å². The molecule has 2 N–H and O–H groups in total. The molecule has 1 aliphatic heterocycles. The maximum absolute atomic E-state index is 11.4. The van der Waals surface area contributed by atoms with Crippen molar-refractivity contribution in [2.75, 3.05) is 18.9 Å². The number of fused-ring (bicyclic) bond motifs is 1. The second kappa shape index (κ2) is 3.70. The molecule has 0 aromatic heterocycles. The van der Waals surface area contributed by atoms with Gasteiger partial charge in [0.25, 0.3) is 0 Å². The van der Waals surface area contributed by atoms with Crippen LogP contribution in [0.15, 0.2) is 24.3 Å². The molecule has 1 amide bonds. The highest BCUT2D eigenvalue weighted by Crippen LogP contribution is 2.23. The highest BCUT2D eigenvalue weighted by atomic mass is 16.1. The van der Waals surface area contributed by atoms with Crippen molar-refractivity contribution < 1.29 is 4.79 Å². The van der Waals surface area contributed by atoms with Gasteiger partial charge in [0.1, 0.15) is 0 Å². The molecule has 0 fully saturated rings. The smallest absolute Gasteiger partial charge is 0.224 e. The minimum absolute atomic E-state index is 0.0647. The van der Waals surface area contributed by atoms with Crippen LogP contribution in [0.4, 0.5) is 5.69 Å². The Morgan fingerprint density at radius 1 is 1.50 bits per heavy atom. The fourth-order valence-electron chi connectivity index (χ4n) is 1.83. The van der Waals surface area contributed by atoms with Gasteiger partial charge in [0, 0.05) is 19.3 Å². The van der Waals surface area contributed by atoms with Crippen LogP contribution < -0.4 is 10.6 Å². The summed E-state index contributed by atoms with van der Waals surface area (Å²) in [6.45, 7) is 0.733. The minimum atomic E-state index is 0.0647. The number of rotatable bonds is 1. The standard InChI is InChI=1S/C11H14N2O/c1-12-11(14)9-6-8-4-2-3-5-10(8)13-7-9/h2-5,9,13H,6-7H2,1H3,(H,12,14). The van der Waals surface area contributed by atoms with Crippen LogP contribution >= 0.6 is 0 Å². The number of carbonyl (C=O) groups is 1. The van der Waals surface area contributed by atoms with Crippen molar-refractivity contribution in [1.29, 1.82) is 0 Å². The Morgan fingerprint density at radius 3 is 3.07 bits per heavy atom. The van der Waals surface area contributed by atoms with E-state index >= 15 is 0 Å². The Labute approximate surface area is 83.5 Å². The first-order chi connectivity index (χ1) is 6.81. The zero-order valence-corrected chi connectivity index (χ0v) is 8.21. The lowest BCUT2D eigenvalue weighted by atomic mass is 9.93. The van der Waals surface area contributed by atoms with Gasteiger partial charge in [-0.3, -0.25) is 4.79 Å². The van der Waals surface area contributed by atoms with Crippen LogP contribution in [0.5, 0.6) is 0 Å². The largest absolute Gasteiger partial charge is 0.384 e. The van der Waals surface area contributed by atoms with E-state index in [-0.39, 0.29) is 11.8 Å². The number of anilines is 1. The van der Waals surface area contributed by atoms with Crippen LogP contribution in [0.25, 0.3) is 0 Å². The number of hydrogen-bond acceptors (Lipinski definition) is 2. The second-order valence-electron chi connectivity index (χ2n) is 3.55. The van der Waals surface area contributed by atoms with Crippen molar-refractivity contribution in [2.24, 2.45) is 5.92 Å². The summed E-state index contributed by atoms with van der Waals surface area (Å²) < 4.78 is 0. The van der Waals surface area contributed by atoms with Crippen molar-refractivity contribution >= 4 is 11.6 Å². The zero-order chi connectivity index (χ0) is 9.97. The average Bonchev–Trinajstić information content (AvgIpc) is 2.27. The van der Waals surface area contributed by atoms with Gasteiger partial charge in [-0.1, -0.05) is 18.2 Å². The predicted octanol–water partition coefficient (Wildman–Crippen LogP) is 1.02. The second-order valence-corrected chi connectivity index (χ2v) is 3.55. The third kappa shape index (κ3) is 1.58. The van der Waals surface area contributed by atoms with E-state index in [2.05, 4.69) is 22.8 Å². The number of nitrogens with one attached hydrogen (secondary N) is 2. The monoisotopic (exact) mass is 190 g/mol. The number of carbonyl (C=O) groups excluding carboxylic acids is 1. The molecule has 0 radical (unpaired) electrons. The zero-order valence-electron chi connectivity index (χ0n) is 8.21. The Hall–Kier alpha value is -1.51. The van der Waals surface area contributed by atoms with Crippen LogP contribution in [0.1, 0.15) is 5.56 Å². The van der Waals surface area contributed by atoms with Gasteiger partial charge < -0.3 is 10.6 Å². The Bertz CT molecular complexity index is 349. The maximum Gasteiger partial charge on any atom is 0.224 e. The van der Waals surface area contributed by atoms with E-state index in [9.17, 15) is 4.79 Å². The first kappa shape index (κ1) is 9.06. The van der Waals surface area contributed by atoms with E-state index in [1.54, 1.807) is 7.05 Å². The summed E-state index contributed by atoms with van der Waals surface area (Å²) in [5.41, 5.74) is 2.39. The van der Waals surface area contributed by atoms with Gasteiger partial charge in [-0.05, 0) is 18.1 Å². The van der Waals surface area contributed by atoms with E-state index in [1.807, 2.05) is 12.1 Å². The van der Waals surface area contributed by atoms with E-state index in [0.717, 1.165) is 18.7 Å². The highest BCUT2D eigenvalue weighted by molar-refractivity contribution is 5.80. The summed E-state index contributed by atoms with van der Waals surface area (Å²) in [5.74, 6) is 0.182. The summed E-state index contributed by atoms with van der Waals surface area (Å²) >= 11 is 0. The molecule has 0 saturated carbocycles. The first-order valence-corrected chi connectivity index (χ1v) is 4.84. The maximum atomic E-state index is 11.4. The summed E-state index contributed by atoms with van der Waals surface area (Å²) in [7, 11) is 1.68. The van der Waals surface area contributed by atoms with Crippen molar-refractivity contribution in [1.82, 2.24) is 5.32 Å². The molecule has 3 nitrogen and oxygen atoms in total. The van der Waals surface area contributed by atoms with Crippen LogP contribution in [-0.2, 0) is 11.2 Å². The minimum Gasteiger partial charge on any atom is -0.384 e. The lowest BCUT2D eigenvalue weighted by Gasteiger charge is -2.24. The van der Waals surface area contributed by atoms with Gasteiger partial charge >= 0.3 is 0 Å². The van der Waals surface area contributed by atoms with Crippen LogP contribution in [0.3, 0.4) is 0 Å². The SMILES string of the molecule is CNC(=O)C1CNc2ccccc2C1. The van der Waals surface area contributed by atoms with Crippen LogP contribution in [0, 0.1) is 5.92 Å².